The SMILES string of the molecule is CC(C)(C)n1cc(NC(=O)c2ccc[nH]c2=S)cn1. The van der Waals surface area contributed by atoms with Crippen molar-refractivity contribution in [3.8, 4) is 0 Å². The Morgan fingerprint density at radius 2 is 2.21 bits per heavy atom. The van der Waals surface area contributed by atoms with E-state index in [1.165, 1.54) is 0 Å². The second-order valence-electron chi connectivity index (χ2n) is 5.21. The third-order valence-electron chi connectivity index (χ3n) is 2.59. The fourth-order valence-corrected chi connectivity index (χ4v) is 1.78. The third-order valence-corrected chi connectivity index (χ3v) is 2.93. The van der Waals surface area contributed by atoms with Gasteiger partial charge >= 0.3 is 0 Å². The van der Waals surface area contributed by atoms with Gasteiger partial charge in [0.05, 0.1) is 23.0 Å². The molecule has 0 atom stereocenters. The lowest BCUT2D eigenvalue weighted by Gasteiger charge is -2.18. The van der Waals surface area contributed by atoms with Crippen LogP contribution in [0.15, 0.2) is 30.7 Å². The number of amides is 1. The molecule has 0 aliphatic carbocycles. The molecule has 0 spiro atoms. The molecule has 0 saturated heterocycles. The largest absolute Gasteiger partial charge is 0.352 e. The van der Waals surface area contributed by atoms with Crippen LogP contribution in [0.1, 0.15) is 31.1 Å². The maximum Gasteiger partial charge on any atom is 0.258 e. The summed E-state index contributed by atoms with van der Waals surface area (Å²) >= 11 is 5.07. The van der Waals surface area contributed by atoms with Crippen LogP contribution in [0.3, 0.4) is 0 Å². The van der Waals surface area contributed by atoms with Crippen molar-refractivity contribution in [1.29, 1.82) is 0 Å². The predicted octanol–water partition coefficient (Wildman–Crippen LogP) is 2.95. The molecule has 0 fully saturated rings. The molecule has 5 nitrogen and oxygen atoms in total. The Kier molecular flexibility index (Phi) is 3.53. The summed E-state index contributed by atoms with van der Waals surface area (Å²) in [5.74, 6) is -0.240. The van der Waals surface area contributed by atoms with Gasteiger partial charge in [0.1, 0.15) is 4.64 Å². The Morgan fingerprint density at radius 3 is 2.79 bits per heavy atom. The Morgan fingerprint density at radius 1 is 1.47 bits per heavy atom. The van der Waals surface area contributed by atoms with E-state index in [2.05, 4.69) is 15.4 Å². The van der Waals surface area contributed by atoms with Gasteiger partial charge in [0.25, 0.3) is 5.91 Å². The predicted molar refractivity (Wildman–Crippen MR) is 76.8 cm³/mol. The molecule has 0 aromatic carbocycles. The summed E-state index contributed by atoms with van der Waals surface area (Å²) in [5, 5.41) is 7.01. The number of nitrogens with one attached hydrogen (secondary N) is 2. The second-order valence-corrected chi connectivity index (χ2v) is 5.62. The first-order valence-electron chi connectivity index (χ1n) is 5.92. The van der Waals surface area contributed by atoms with Gasteiger partial charge in [0, 0.05) is 12.4 Å². The molecule has 2 aromatic heterocycles. The molecule has 2 N–H and O–H groups in total. The van der Waals surface area contributed by atoms with Crippen LogP contribution in [0.4, 0.5) is 5.69 Å². The van der Waals surface area contributed by atoms with E-state index < -0.39 is 0 Å². The molecular formula is C13H16N4OS. The Labute approximate surface area is 116 Å². The maximum atomic E-state index is 12.1. The maximum absolute atomic E-state index is 12.1. The van der Waals surface area contributed by atoms with Crippen molar-refractivity contribution < 1.29 is 4.79 Å². The molecule has 0 saturated carbocycles. The van der Waals surface area contributed by atoms with Gasteiger partial charge < -0.3 is 10.3 Å². The van der Waals surface area contributed by atoms with Crippen LogP contribution < -0.4 is 5.32 Å². The highest BCUT2D eigenvalue weighted by Crippen LogP contribution is 2.16. The molecular weight excluding hydrogens is 260 g/mol. The van der Waals surface area contributed by atoms with Crippen LogP contribution >= 0.6 is 12.2 Å². The number of pyridine rings is 1. The first-order chi connectivity index (χ1) is 8.88. The minimum atomic E-state index is -0.240. The fourth-order valence-electron chi connectivity index (χ4n) is 1.55. The number of aromatic amines is 1. The molecule has 2 rings (SSSR count). The molecule has 0 aliphatic heterocycles. The van der Waals surface area contributed by atoms with E-state index in [9.17, 15) is 4.79 Å². The number of anilines is 1. The van der Waals surface area contributed by atoms with E-state index in [0.29, 0.717) is 15.9 Å². The second kappa shape index (κ2) is 4.97. The zero-order chi connectivity index (χ0) is 14.0. The molecule has 2 aromatic rings. The van der Waals surface area contributed by atoms with Gasteiger partial charge in [-0.25, -0.2) is 0 Å². The quantitative estimate of drug-likeness (QED) is 0.829. The summed E-state index contributed by atoms with van der Waals surface area (Å²) in [6, 6.07) is 3.42. The van der Waals surface area contributed by atoms with Crippen LogP contribution in [0.5, 0.6) is 0 Å². The summed E-state index contributed by atoms with van der Waals surface area (Å²) in [5.41, 5.74) is 0.978. The van der Waals surface area contributed by atoms with Crippen LogP contribution in [0.25, 0.3) is 0 Å². The minimum absolute atomic E-state index is 0.118. The molecule has 100 valence electrons. The highest BCUT2D eigenvalue weighted by Gasteiger charge is 2.15. The van der Waals surface area contributed by atoms with Crippen molar-refractivity contribution in [2.75, 3.05) is 5.32 Å². The molecule has 0 aliphatic rings. The number of aromatic nitrogens is 3. The van der Waals surface area contributed by atoms with E-state index in [1.54, 1.807) is 35.4 Å². The van der Waals surface area contributed by atoms with Crippen molar-refractivity contribution >= 4 is 23.8 Å². The number of H-pyrrole nitrogens is 1. The van der Waals surface area contributed by atoms with Gasteiger partial charge in [0.15, 0.2) is 0 Å². The van der Waals surface area contributed by atoms with E-state index in [-0.39, 0.29) is 11.4 Å². The Bertz CT molecular complexity index is 651. The van der Waals surface area contributed by atoms with Crippen molar-refractivity contribution in [3.63, 3.8) is 0 Å². The summed E-state index contributed by atoms with van der Waals surface area (Å²) in [4.78, 5) is 14.9. The lowest BCUT2D eigenvalue weighted by atomic mass is 10.1. The van der Waals surface area contributed by atoms with Gasteiger partial charge in [-0.05, 0) is 32.9 Å². The Hall–Kier alpha value is -1.95. The number of rotatable bonds is 2. The number of hydrogen-bond donors (Lipinski definition) is 2. The van der Waals surface area contributed by atoms with Gasteiger partial charge in [0.2, 0.25) is 0 Å². The summed E-state index contributed by atoms with van der Waals surface area (Å²) in [7, 11) is 0. The van der Waals surface area contributed by atoms with Crippen molar-refractivity contribution in [2.24, 2.45) is 0 Å². The fraction of sp³-hybridized carbons (Fsp3) is 0.308. The molecule has 0 bridgehead atoms. The van der Waals surface area contributed by atoms with Gasteiger partial charge in [-0.1, -0.05) is 12.2 Å². The normalized spacial score (nSPS) is 11.3. The van der Waals surface area contributed by atoms with Crippen molar-refractivity contribution in [2.45, 2.75) is 26.3 Å². The monoisotopic (exact) mass is 276 g/mol. The zero-order valence-corrected chi connectivity index (χ0v) is 11.9. The van der Waals surface area contributed by atoms with E-state index >= 15 is 0 Å². The zero-order valence-electron chi connectivity index (χ0n) is 11.1. The average molecular weight is 276 g/mol. The first kappa shape index (κ1) is 13.5. The van der Waals surface area contributed by atoms with Crippen molar-refractivity contribution in [1.82, 2.24) is 14.8 Å². The topological polar surface area (TPSA) is 62.7 Å². The molecule has 2 heterocycles. The highest BCUT2D eigenvalue weighted by molar-refractivity contribution is 7.71. The molecule has 19 heavy (non-hydrogen) atoms. The third kappa shape index (κ3) is 3.08. The number of nitrogens with zero attached hydrogens (tertiary/aromatic N) is 2. The number of hydrogen-bond acceptors (Lipinski definition) is 3. The summed E-state index contributed by atoms with van der Waals surface area (Å²) in [6.45, 7) is 6.12. The van der Waals surface area contributed by atoms with Gasteiger partial charge in [-0.3, -0.25) is 9.48 Å². The lowest BCUT2D eigenvalue weighted by Crippen LogP contribution is -2.22. The summed E-state index contributed by atoms with van der Waals surface area (Å²) in [6.07, 6.45) is 5.11. The molecule has 1 amide bonds. The molecule has 0 radical (unpaired) electrons. The van der Waals surface area contributed by atoms with Gasteiger partial charge in [-0.2, -0.15) is 5.10 Å². The average Bonchev–Trinajstić information content (AvgIpc) is 2.77. The number of carbonyl (C=O) groups excluding carboxylic acids is 1. The van der Waals surface area contributed by atoms with Crippen LogP contribution in [-0.2, 0) is 5.54 Å². The van der Waals surface area contributed by atoms with E-state index in [4.69, 9.17) is 12.2 Å². The van der Waals surface area contributed by atoms with Crippen molar-refractivity contribution in [3.05, 3.63) is 40.9 Å². The standard InChI is InChI=1S/C13H16N4OS/c1-13(2,3)17-8-9(7-15-17)16-11(18)10-5-4-6-14-12(10)19/h4-8H,1-3H3,(H,14,19)(H,16,18). The van der Waals surface area contributed by atoms with E-state index in [1.807, 2.05) is 20.8 Å². The van der Waals surface area contributed by atoms with E-state index in [0.717, 1.165) is 0 Å². The van der Waals surface area contributed by atoms with Crippen LogP contribution in [0, 0.1) is 4.64 Å². The van der Waals surface area contributed by atoms with Crippen LogP contribution in [-0.4, -0.2) is 20.7 Å². The lowest BCUT2D eigenvalue weighted by molar-refractivity contribution is 0.102. The van der Waals surface area contributed by atoms with Gasteiger partial charge in [-0.15, -0.1) is 0 Å². The smallest absolute Gasteiger partial charge is 0.258 e. The van der Waals surface area contributed by atoms with Crippen LogP contribution in [0.2, 0.25) is 0 Å². The minimum Gasteiger partial charge on any atom is -0.352 e. The first-order valence-corrected chi connectivity index (χ1v) is 6.33. The molecule has 0 unspecified atom stereocenters. The Balaban J connectivity index is 2.19. The number of carbonyl (C=O) groups is 1. The summed E-state index contributed by atoms with van der Waals surface area (Å²) < 4.78 is 2.22. The highest BCUT2D eigenvalue weighted by atomic mass is 32.1. The molecule has 6 heteroatoms.